The smallest absolute Gasteiger partial charge is 0.200 e. The fourth-order valence-electron chi connectivity index (χ4n) is 1.55. The van der Waals surface area contributed by atoms with E-state index in [0.717, 1.165) is 9.64 Å². The van der Waals surface area contributed by atoms with Gasteiger partial charge < -0.3 is 15.3 Å². The molecular formula is C13H9IO4. The number of halogens is 1. The molecule has 0 aliphatic carbocycles. The molecule has 3 N–H and O–H groups in total. The second-order valence-electron chi connectivity index (χ2n) is 3.69. The Morgan fingerprint density at radius 1 is 0.889 bits per heavy atom. The molecule has 0 saturated heterocycles. The number of phenols is 3. The minimum Gasteiger partial charge on any atom is -0.508 e. The average Bonchev–Trinajstić information content (AvgIpc) is 2.28. The Morgan fingerprint density at radius 2 is 1.44 bits per heavy atom. The van der Waals surface area contributed by atoms with Gasteiger partial charge in [-0.2, -0.15) is 0 Å². The molecule has 92 valence electrons. The number of hydrogen-bond acceptors (Lipinski definition) is 4. The SMILES string of the molecule is O=C(c1ccc(O)cc1O)c1ccc(I)cc1O. The molecule has 0 spiro atoms. The molecule has 2 aromatic carbocycles. The number of phenolic OH excluding ortho intramolecular Hbond substituents is 3. The van der Waals surface area contributed by atoms with Crippen molar-refractivity contribution in [3.8, 4) is 17.2 Å². The first-order chi connectivity index (χ1) is 8.49. The van der Waals surface area contributed by atoms with E-state index < -0.39 is 5.78 Å². The molecule has 0 amide bonds. The summed E-state index contributed by atoms with van der Waals surface area (Å²) in [5, 5.41) is 28.5. The molecule has 0 saturated carbocycles. The highest BCUT2D eigenvalue weighted by Gasteiger charge is 2.17. The number of ketones is 1. The van der Waals surface area contributed by atoms with E-state index in [4.69, 9.17) is 5.11 Å². The summed E-state index contributed by atoms with van der Waals surface area (Å²) in [6.45, 7) is 0. The zero-order chi connectivity index (χ0) is 13.3. The predicted molar refractivity (Wildman–Crippen MR) is 74.0 cm³/mol. The second kappa shape index (κ2) is 4.85. The number of carbonyl (C=O) groups is 1. The first kappa shape index (κ1) is 12.7. The lowest BCUT2D eigenvalue weighted by molar-refractivity contribution is 0.103. The molecule has 0 aromatic heterocycles. The van der Waals surface area contributed by atoms with Crippen molar-refractivity contribution in [2.75, 3.05) is 0 Å². The summed E-state index contributed by atoms with van der Waals surface area (Å²) in [7, 11) is 0. The van der Waals surface area contributed by atoms with Crippen LogP contribution in [-0.4, -0.2) is 21.1 Å². The fraction of sp³-hybridized carbons (Fsp3) is 0. The summed E-state index contributed by atoms with van der Waals surface area (Å²) in [4.78, 5) is 12.1. The highest BCUT2D eigenvalue weighted by Crippen LogP contribution is 2.28. The van der Waals surface area contributed by atoms with Crippen LogP contribution in [0.5, 0.6) is 17.2 Å². The standard InChI is InChI=1S/C13H9IO4/c14-7-1-3-9(11(16)5-7)13(18)10-4-2-8(15)6-12(10)17/h1-6,15-17H. The summed E-state index contributed by atoms with van der Waals surface area (Å²) in [5.41, 5.74) is 0.140. The van der Waals surface area contributed by atoms with Crippen LogP contribution in [0, 0.1) is 3.57 Å². The Kier molecular flexibility index (Phi) is 3.42. The molecule has 0 aliphatic heterocycles. The van der Waals surface area contributed by atoms with Crippen molar-refractivity contribution >= 4 is 28.4 Å². The Labute approximate surface area is 117 Å². The molecule has 2 rings (SSSR count). The first-order valence-corrected chi connectivity index (χ1v) is 6.12. The van der Waals surface area contributed by atoms with E-state index in [1.807, 2.05) is 22.6 Å². The normalized spacial score (nSPS) is 10.3. The maximum Gasteiger partial charge on any atom is 0.200 e. The zero-order valence-electron chi connectivity index (χ0n) is 9.09. The van der Waals surface area contributed by atoms with Crippen LogP contribution in [0.15, 0.2) is 36.4 Å². The first-order valence-electron chi connectivity index (χ1n) is 5.04. The van der Waals surface area contributed by atoms with Crippen LogP contribution in [0.2, 0.25) is 0 Å². The Morgan fingerprint density at radius 3 is 2.00 bits per heavy atom. The lowest BCUT2D eigenvalue weighted by Crippen LogP contribution is -2.02. The average molecular weight is 356 g/mol. The van der Waals surface area contributed by atoms with E-state index >= 15 is 0 Å². The number of benzene rings is 2. The highest BCUT2D eigenvalue weighted by molar-refractivity contribution is 14.1. The van der Waals surface area contributed by atoms with Crippen LogP contribution in [0.4, 0.5) is 0 Å². The molecule has 0 fully saturated rings. The highest BCUT2D eigenvalue weighted by atomic mass is 127. The van der Waals surface area contributed by atoms with E-state index in [1.54, 1.807) is 6.07 Å². The summed E-state index contributed by atoms with van der Waals surface area (Å²) in [6.07, 6.45) is 0. The van der Waals surface area contributed by atoms with E-state index in [2.05, 4.69) is 0 Å². The van der Waals surface area contributed by atoms with E-state index in [-0.39, 0.29) is 28.4 Å². The molecule has 5 heteroatoms. The monoisotopic (exact) mass is 356 g/mol. The quantitative estimate of drug-likeness (QED) is 0.571. The van der Waals surface area contributed by atoms with Gasteiger partial charge in [0.2, 0.25) is 0 Å². The third-order valence-electron chi connectivity index (χ3n) is 2.43. The molecule has 0 bridgehead atoms. The zero-order valence-corrected chi connectivity index (χ0v) is 11.2. The van der Waals surface area contributed by atoms with Crippen molar-refractivity contribution in [2.45, 2.75) is 0 Å². The Hall–Kier alpha value is -1.76. The van der Waals surface area contributed by atoms with Crippen molar-refractivity contribution in [1.82, 2.24) is 0 Å². The lowest BCUT2D eigenvalue weighted by atomic mass is 10.0. The Bertz CT molecular complexity index is 569. The van der Waals surface area contributed by atoms with Crippen molar-refractivity contribution in [1.29, 1.82) is 0 Å². The second-order valence-corrected chi connectivity index (χ2v) is 4.94. The number of hydrogen-bond donors (Lipinski definition) is 3. The van der Waals surface area contributed by atoms with Gasteiger partial charge >= 0.3 is 0 Å². The van der Waals surface area contributed by atoms with Crippen LogP contribution in [0.25, 0.3) is 0 Å². The van der Waals surface area contributed by atoms with E-state index in [0.29, 0.717) is 0 Å². The van der Waals surface area contributed by atoms with Gasteiger partial charge in [-0.05, 0) is 52.9 Å². The maximum absolute atomic E-state index is 12.1. The van der Waals surface area contributed by atoms with Crippen LogP contribution in [0.1, 0.15) is 15.9 Å². The van der Waals surface area contributed by atoms with Crippen LogP contribution >= 0.6 is 22.6 Å². The largest absolute Gasteiger partial charge is 0.508 e. The van der Waals surface area contributed by atoms with E-state index in [1.165, 1.54) is 24.3 Å². The maximum atomic E-state index is 12.1. The lowest BCUT2D eigenvalue weighted by Gasteiger charge is -2.06. The summed E-state index contributed by atoms with van der Waals surface area (Å²) < 4.78 is 0.802. The van der Waals surface area contributed by atoms with Gasteiger partial charge in [-0.15, -0.1) is 0 Å². The molecule has 0 aliphatic rings. The molecule has 0 unspecified atom stereocenters. The van der Waals surface area contributed by atoms with Crippen molar-refractivity contribution < 1.29 is 20.1 Å². The van der Waals surface area contributed by atoms with Gasteiger partial charge in [0.25, 0.3) is 0 Å². The minimum absolute atomic E-state index is 0.0318. The summed E-state index contributed by atoms with van der Waals surface area (Å²) in [6, 6.07) is 8.33. The van der Waals surface area contributed by atoms with E-state index in [9.17, 15) is 15.0 Å². The van der Waals surface area contributed by atoms with Gasteiger partial charge in [0.15, 0.2) is 5.78 Å². The third-order valence-corrected chi connectivity index (χ3v) is 3.10. The summed E-state index contributed by atoms with van der Waals surface area (Å²) >= 11 is 2.02. The number of aromatic hydroxyl groups is 3. The predicted octanol–water partition coefficient (Wildman–Crippen LogP) is 2.64. The van der Waals surface area contributed by atoms with Crippen LogP contribution < -0.4 is 0 Å². The third kappa shape index (κ3) is 2.40. The topological polar surface area (TPSA) is 77.8 Å². The van der Waals surface area contributed by atoms with Crippen molar-refractivity contribution in [3.05, 3.63) is 51.1 Å². The van der Waals surface area contributed by atoms with Gasteiger partial charge in [-0.3, -0.25) is 4.79 Å². The molecular weight excluding hydrogens is 347 g/mol. The molecule has 4 nitrogen and oxygen atoms in total. The van der Waals surface area contributed by atoms with Gasteiger partial charge in [-0.25, -0.2) is 0 Å². The number of carbonyl (C=O) groups excluding carboxylic acids is 1. The van der Waals surface area contributed by atoms with Crippen LogP contribution in [-0.2, 0) is 0 Å². The fourth-order valence-corrected chi connectivity index (χ4v) is 2.03. The molecule has 18 heavy (non-hydrogen) atoms. The molecule has 0 radical (unpaired) electrons. The molecule has 0 heterocycles. The molecule has 0 atom stereocenters. The van der Waals surface area contributed by atoms with Crippen molar-refractivity contribution in [2.24, 2.45) is 0 Å². The number of rotatable bonds is 2. The van der Waals surface area contributed by atoms with Gasteiger partial charge in [-0.1, -0.05) is 0 Å². The Balaban J connectivity index is 2.48. The van der Waals surface area contributed by atoms with Crippen LogP contribution in [0.3, 0.4) is 0 Å². The van der Waals surface area contributed by atoms with Crippen molar-refractivity contribution in [3.63, 3.8) is 0 Å². The minimum atomic E-state index is -0.499. The van der Waals surface area contributed by atoms with Gasteiger partial charge in [0, 0.05) is 9.64 Å². The molecule has 2 aromatic rings. The summed E-state index contributed by atoms with van der Waals surface area (Å²) in [5.74, 6) is -1.09. The van der Waals surface area contributed by atoms with Gasteiger partial charge in [0.05, 0.1) is 11.1 Å². The van der Waals surface area contributed by atoms with Gasteiger partial charge in [0.1, 0.15) is 17.2 Å².